The average Bonchev–Trinajstić information content (AvgIpc) is 3.27. The molecule has 0 spiro atoms. The summed E-state index contributed by atoms with van der Waals surface area (Å²) in [4.78, 5) is 9.52. The maximum absolute atomic E-state index is 6.45. The number of hydrogen-bond acceptors (Lipinski definition) is 4. The third kappa shape index (κ3) is 3.97. The minimum atomic E-state index is 0.577. The Kier molecular flexibility index (Phi) is 5.76. The van der Waals surface area contributed by atoms with Crippen molar-refractivity contribution in [2.75, 3.05) is 18.4 Å². The first-order chi connectivity index (χ1) is 13.5. The number of nitrogens with zero attached hydrogens (tertiary/aromatic N) is 3. The summed E-state index contributed by atoms with van der Waals surface area (Å²) in [5.74, 6) is 0.837. The van der Waals surface area contributed by atoms with Crippen molar-refractivity contribution in [2.24, 2.45) is 0 Å². The van der Waals surface area contributed by atoms with Gasteiger partial charge in [0.2, 0.25) is 0 Å². The predicted octanol–water partition coefficient (Wildman–Crippen LogP) is 5.29. The largest absolute Gasteiger partial charge is 0.382 e. The molecule has 0 amide bonds. The smallest absolute Gasteiger partial charge is 0.167 e. The van der Waals surface area contributed by atoms with Crippen LogP contribution in [0.4, 0.5) is 5.69 Å². The van der Waals surface area contributed by atoms with Crippen LogP contribution >= 0.6 is 23.2 Å². The molecule has 1 saturated carbocycles. The van der Waals surface area contributed by atoms with Crippen LogP contribution in [0.3, 0.4) is 0 Å². The van der Waals surface area contributed by atoms with E-state index in [-0.39, 0.29) is 0 Å². The minimum Gasteiger partial charge on any atom is -0.382 e. The van der Waals surface area contributed by atoms with Crippen LogP contribution in [0.15, 0.2) is 24.3 Å². The third-order valence-corrected chi connectivity index (χ3v) is 5.83. The molecule has 148 valence electrons. The number of imidazole rings is 1. The summed E-state index contributed by atoms with van der Waals surface area (Å²) < 4.78 is 1.99. The molecular weight excluding hydrogens is 393 g/mol. The highest BCUT2D eigenvalue weighted by molar-refractivity contribution is 6.35. The summed E-state index contributed by atoms with van der Waals surface area (Å²) in [5.41, 5.74) is 4.42. The van der Waals surface area contributed by atoms with Crippen LogP contribution in [-0.4, -0.2) is 33.7 Å². The number of pyridine rings is 1. The molecule has 0 atom stereocenters. The summed E-state index contributed by atoms with van der Waals surface area (Å²) in [6.07, 6.45) is 5.28. The number of rotatable bonds is 6. The lowest BCUT2D eigenvalue weighted by molar-refractivity contribution is 0.536. The van der Waals surface area contributed by atoms with Gasteiger partial charge in [-0.3, -0.25) is 4.57 Å². The molecular formula is C21H25Cl2N5. The zero-order valence-electron chi connectivity index (χ0n) is 16.2. The summed E-state index contributed by atoms with van der Waals surface area (Å²) in [5, 5.41) is 8.36. The highest BCUT2D eigenvalue weighted by Crippen LogP contribution is 2.31. The second-order valence-corrected chi connectivity index (χ2v) is 8.28. The molecule has 4 rings (SSSR count). The van der Waals surface area contributed by atoms with Crippen molar-refractivity contribution >= 4 is 40.1 Å². The topological polar surface area (TPSA) is 54.8 Å². The number of halogens is 2. The maximum Gasteiger partial charge on any atom is 0.167 e. The standard InChI is InChI=1S/C21H25Cl2N5/c1-13-11-18(25-10-9-24-16-5-3-4-6-16)20-21(26-13)28(14(2)27-20)19-8-7-15(22)12-17(19)23/h7-8,11-12,16,24H,3-6,9-10H2,1-2H3,(H,25,26). The zero-order chi connectivity index (χ0) is 19.7. The number of hydrogen-bond donors (Lipinski definition) is 2. The predicted molar refractivity (Wildman–Crippen MR) is 117 cm³/mol. The van der Waals surface area contributed by atoms with Gasteiger partial charge < -0.3 is 10.6 Å². The lowest BCUT2D eigenvalue weighted by Gasteiger charge is -2.13. The van der Waals surface area contributed by atoms with Crippen LogP contribution in [0.1, 0.15) is 37.2 Å². The molecule has 5 nitrogen and oxygen atoms in total. The van der Waals surface area contributed by atoms with Crippen LogP contribution in [0.2, 0.25) is 10.0 Å². The van der Waals surface area contributed by atoms with E-state index in [2.05, 4.69) is 16.7 Å². The number of anilines is 1. The van der Waals surface area contributed by atoms with Crippen molar-refractivity contribution in [3.8, 4) is 5.69 Å². The molecule has 0 saturated heterocycles. The summed E-state index contributed by atoms with van der Waals surface area (Å²) in [6.45, 7) is 5.75. The van der Waals surface area contributed by atoms with E-state index in [1.165, 1.54) is 25.7 Å². The Morgan fingerprint density at radius 1 is 1.07 bits per heavy atom. The molecule has 0 bridgehead atoms. The Morgan fingerprint density at radius 2 is 1.86 bits per heavy atom. The first kappa shape index (κ1) is 19.5. The van der Waals surface area contributed by atoms with Gasteiger partial charge in [0.25, 0.3) is 0 Å². The molecule has 1 aromatic carbocycles. The number of fused-ring (bicyclic) bond motifs is 1. The van der Waals surface area contributed by atoms with Gasteiger partial charge in [-0.25, -0.2) is 9.97 Å². The molecule has 7 heteroatoms. The van der Waals surface area contributed by atoms with Crippen molar-refractivity contribution in [3.63, 3.8) is 0 Å². The van der Waals surface area contributed by atoms with Gasteiger partial charge in [0, 0.05) is 29.8 Å². The Hall–Kier alpha value is -1.82. The first-order valence-electron chi connectivity index (χ1n) is 9.82. The number of benzene rings is 1. The third-order valence-electron chi connectivity index (χ3n) is 5.29. The zero-order valence-corrected chi connectivity index (χ0v) is 17.7. The van der Waals surface area contributed by atoms with Gasteiger partial charge in [-0.2, -0.15) is 0 Å². The molecule has 28 heavy (non-hydrogen) atoms. The van der Waals surface area contributed by atoms with Crippen LogP contribution in [0, 0.1) is 13.8 Å². The average molecular weight is 418 g/mol. The summed E-state index contributed by atoms with van der Waals surface area (Å²) in [6, 6.07) is 8.21. The number of aryl methyl sites for hydroxylation is 2. The van der Waals surface area contributed by atoms with Crippen molar-refractivity contribution in [1.82, 2.24) is 19.9 Å². The first-order valence-corrected chi connectivity index (χ1v) is 10.6. The van der Waals surface area contributed by atoms with Crippen LogP contribution in [0.25, 0.3) is 16.9 Å². The molecule has 2 aromatic heterocycles. The van der Waals surface area contributed by atoms with Gasteiger partial charge >= 0.3 is 0 Å². The van der Waals surface area contributed by atoms with Crippen molar-refractivity contribution in [3.05, 3.63) is 45.8 Å². The van der Waals surface area contributed by atoms with Gasteiger partial charge in [0.05, 0.1) is 16.4 Å². The fourth-order valence-electron chi connectivity index (χ4n) is 3.97. The van der Waals surface area contributed by atoms with Crippen LogP contribution < -0.4 is 10.6 Å². The van der Waals surface area contributed by atoms with Crippen molar-refractivity contribution in [2.45, 2.75) is 45.6 Å². The van der Waals surface area contributed by atoms with Gasteiger partial charge in [0.1, 0.15) is 11.3 Å². The maximum atomic E-state index is 6.45. The summed E-state index contributed by atoms with van der Waals surface area (Å²) >= 11 is 12.5. The lowest BCUT2D eigenvalue weighted by atomic mass is 10.2. The number of nitrogens with one attached hydrogen (secondary N) is 2. The van der Waals surface area contributed by atoms with Crippen molar-refractivity contribution < 1.29 is 0 Å². The Bertz CT molecular complexity index is 992. The van der Waals surface area contributed by atoms with E-state index in [1.807, 2.05) is 30.5 Å². The fraction of sp³-hybridized carbons (Fsp3) is 0.429. The Balaban J connectivity index is 1.61. The molecule has 3 aromatic rings. The molecule has 1 aliphatic carbocycles. The summed E-state index contributed by atoms with van der Waals surface area (Å²) in [7, 11) is 0. The highest BCUT2D eigenvalue weighted by Gasteiger charge is 2.17. The van der Waals surface area contributed by atoms with E-state index in [9.17, 15) is 0 Å². The van der Waals surface area contributed by atoms with E-state index in [1.54, 1.807) is 6.07 Å². The van der Waals surface area contributed by atoms with E-state index < -0.39 is 0 Å². The van der Waals surface area contributed by atoms with Gasteiger partial charge in [0.15, 0.2) is 5.65 Å². The monoisotopic (exact) mass is 417 g/mol. The van der Waals surface area contributed by atoms with E-state index in [0.29, 0.717) is 16.1 Å². The molecule has 2 heterocycles. The molecule has 1 aliphatic rings. The molecule has 0 unspecified atom stereocenters. The second kappa shape index (κ2) is 8.27. The molecule has 2 N–H and O–H groups in total. The van der Waals surface area contributed by atoms with Crippen LogP contribution in [0.5, 0.6) is 0 Å². The number of aromatic nitrogens is 3. The van der Waals surface area contributed by atoms with Gasteiger partial charge in [-0.15, -0.1) is 0 Å². The normalized spacial score (nSPS) is 14.9. The molecule has 0 aliphatic heterocycles. The Labute approximate surface area is 175 Å². The highest BCUT2D eigenvalue weighted by atomic mass is 35.5. The Morgan fingerprint density at radius 3 is 2.61 bits per heavy atom. The van der Waals surface area contributed by atoms with E-state index in [0.717, 1.165) is 47.1 Å². The molecule has 1 fully saturated rings. The van der Waals surface area contributed by atoms with Crippen LogP contribution in [-0.2, 0) is 0 Å². The van der Waals surface area contributed by atoms with Gasteiger partial charge in [-0.05, 0) is 51.0 Å². The quantitative estimate of drug-likeness (QED) is 0.535. The second-order valence-electron chi connectivity index (χ2n) is 7.44. The SMILES string of the molecule is Cc1cc(NCCNC2CCCC2)c2nc(C)n(-c3ccc(Cl)cc3Cl)c2n1. The lowest BCUT2D eigenvalue weighted by Crippen LogP contribution is -2.30. The van der Waals surface area contributed by atoms with Crippen molar-refractivity contribution in [1.29, 1.82) is 0 Å². The van der Waals surface area contributed by atoms with E-state index >= 15 is 0 Å². The molecule has 0 radical (unpaired) electrons. The fourth-order valence-corrected chi connectivity index (χ4v) is 4.46. The van der Waals surface area contributed by atoms with E-state index in [4.69, 9.17) is 33.2 Å². The van der Waals surface area contributed by atoms with Gasteiger partial charge in [-0.1, -0.05) is 36.0 Å². The minimum absolute atomic E-state index is 0.577.